The lowest BCUT2D eigenvalue weighted by Gasteiger charge is -2.21. The third-order valence-electron chi connectivity index (χ3n) is 1.96. The van der Waals surface area contributed by atoms with Gasteiger partial charge in [0.15, 0.2) is 12.4 Å². The smallest absolute Gasteiger partial charge is 0.329 e. The van der Waals surface area contributed by atoms with Gasteiger partial charge in [-0.15, -0.1) is 9.05 Å². The maximum Gasteiger partial charge on any atom is 0.697 e. The molecule has 0 spiro atoms. The standard InChI is InChI=1S/C11H22NO4P/c1-10(2)11(13)6-8-15-17(14)16-9-7-12(3,4)5/h1,6-9H2,2-5H3/q+2. The minimum absolute atomic E-state index is 0.0836. The zero-order valence-corrected chi connectivity index (χ0v) is 12.0. The molecule has 0 aliphatic heterocycles. The summed E-state index contributed by atoms with van der Waals surface area (Å²) in [7, 11) is 3.92. The molecule has 1 unspecified atom stereocenters. The van der Waals surface area contributed by atoms with Gasteiger partial charge >= 0.3 is 8.25 Å². The summed E-state index contributed by atoms with van der Waals surface area (Å²) in [4.78, 5) is 11.2. The highest BCUT2D eigenvalue weighted by Crippen LogP contribution is 2.23. The lowest BCUT2D eigenvalue weighted by atomic mass is 10.2. The van der Waals surface area contributed by atoms with Crippen LogP contribution in [0.4, 0.5) is 0 Å². The van der Waals surface area contributed by atoms with E-state index in [1.165, 1.54) is 0 Å². The second-order valence-electron chi connectivity index (χ2n) is 4.86. The van der Waals surface area contributed by atoms with Gasteiger partial charge in [0.1, 0.15) is 13.2 Å². The molecule has 17 heavy (non-hydrogen) atoms. The summed E-state index contributed by atoms with van der Waals surface area (Å²) in [6.45, 7) is 6.37. The minimum Gasteiger partial charge on any atom is -0.329 e. The average molecular weight is 263 g/mol. The summed E-state index contributed by atoms with van der Waals surface area (Å²) in [5.74, 6) is -0.0836. The molecule has 0 bridgehead atoms. The first-order valence-electron chi connectivity index (χ1n) is 5.44. The van der Waals surface area contributed by atoms with Crippen LogP contribution in [0.1, 0.15) is 13.3 Å². The molecule has 0 saturated heterocycles. The summed E-state index contributed by atoms with van der Waals surface area (Å²) in [6, 6.07) is 0. The third-order valence-corrected chi connectivity index (χ3v) is 2.75. The molecule has 0 rings (SSSR count). The van der Waals surface area contributed by atoms with Crippen molar-refractivity contribution in [2.45, 2.75) is 13.3 Å². The van der Waals surface area contributed by atoms with Crippen LogP contribution < -0.4 is 0 Å². The zero-order valence-electron chi connectivity index (χ0n) is 11.1. The minimum atomic E-state index is -2.13. The molecule has 98 valence electrons. The van der Waals surface area contributed by atoms with E-state index in [1.54, 1.807) is 6.92 Å². The highest BCUT2D eigenvalue weighted by Gasteiger charge is 2.22. The van der Waals surface area contributed by atoms with Gasteiger partial charge in [0, 0.05) is 11.0 Å². The van der Waals surface area contributed by atoms with Crippen molar-refractivity contribution in [2.75, 3.05) is 40.9 Å². The first-order chi connectivity index (χ1) is 7.72. The molecular formula is C11H22NO4P+2. The lowest BCUT2D eigenvalue weighted by Crippen LogP contribution is -2.37. The Morgan fingerprint density at radius 1 is 1.24 bits per heavy atom. The Kier molecular flexibility index (Phi) is 7.39. The van der Waals surface area contributed by atoms with Crippen molar-refractivity contribution >= 4 is 14.0 Å². The van der Waals surface area contributed by atoms with Gasteiger partial charge < -0.3 is 4.48 Å². The van der Waals surface area contributed by atoms with Gasteiger partial charge in [-0.1, -0.05) is 6.58 Å². The molecule has 0 aromatic heterocycles. The molecule has 0 N–H and O–H groups in total. The normalized spacial score (nSPS) is 12.4. The SMILES string of the molecule is C=C(C)C(=O)CCO[P+](=O)OCC[N+](C)(C)C. The third kappa shape index (κ3) is 10.3. The molecule has 0 aromatic carbocycles. The second kappa shape index (κ2) is 7.67. The molecule has 0 saturated carbocycles. The predicted molar refractivity (Wildman–Crippen MR) is 66.8 cm³/mol. The zero-order chi connectivity index (χ0) is 13.5. The molecule has 0 aliphatic rings. The van der Waals surface area contributed by atoms with E-state index in [0.29, 0.717) is 12.2 Å². The highest BCUT2D eigenvalue weighted by molar-refractivity contribution is 7.33. The first-order valence-corrected chi connectivity index (χ1v) is 6.54. The molecule has 0 amide bonds. The number of quaternary nitrogens is 1. The lowest BCUT2D eigenvalue weighted by molar-refractivity contribution is -0.870. The van der Waals surface area contributed by atoms with Gasteiger partial charge in [-0.25, -0.2) is 0 Å². The Morgan fingerprint density at radius 3 is 2.24 bits per heavy atom. The number of carbonyl (C=O) groups excluding carboxylic acids is 1. The van der Waals surface area contributed by atoms with Crippen LogP contribution in [0, 0.1) is 0 Å². The van der Waals surface area contributed by atoms with Crippen molar-refractivity contribution in [3.05, 3.63) is 12.2 Å². The highest BCUT2D eigenvalue weighted by atomic mass is 31.1. The molecule has 5 nitrogen and oxygen atoms in total. The fraction of sp³-hybridized carbons (Fsp3) is 0.727. The van der Waals surface area contributed by atoms with E-state index < -0.39 is 8.25 Å². The number of Topliss-reactive ketones (excluding diaryl/α,β-unsaturated/α-hetero) is 1. The molecule has 0 heterocycles. The van der Waals surface area contributed by atoms with Crippen LogP contribution >= 0.6 is 8.25 Å². The molecule has 0 radical (unpaired) electrons. The molecule has 1 atom stereocenters. The molecule has 6 heteroatoms. The fourth-order valence-electron chi connectivity index (χ4n) is 0.853. The van der Waals surface area contributed by atoms with Crippen LogP contribution in [0.25, 0.3) is 0 Å². The molecule has 0 aliphatic carbocycles. The number of hydrogen-bond acceptors (Lipinski definition) is 4. The van der Waals surface area contributed by atoms with E-state index in [9.17, 15) is 9.36 Å². The molecule has 0 fully saturated rings. The van der Waals surface area contributed by atoms with E-state index >= 15 is 0 Å². The number of allylic oxidation sites excluding steroid dienone is 1. The first kappa shape index (κ1) is 16.4. The van der Waals surface area contributed by atoms with Gasteiger partial charge in [-0.2, -0.15) is 0 Å². The van der Waals surface area contributed by atoms with Gasteiger partial charge in [0.25, 0.3) is 0 Å². The van der Waals surface area contributed by atoms with Crippen LogP contribution in [-0.2, 0) is 18.4 Å². The number of nitrogens with zero attached hydrogens (tertiary/aromatic N) is 1. The van der Waals surface area contributed by atoms with Crippen molar-refractivity contribution in [3.8, 4) is 0 Å². The van der Waals surface area contributed by atoms with Gasteiger partial charge in [-0.3, -0.25) is 4.79 Å². The van der Waals surface area contributed by atoms with Crippen molar-refractivity contribution in [3.63, 3.8) is 0 Å². The summed E-state index contributed by atoms with van der Waals surface area (Å²) < 4.78 is 21.9. The number of ketones is 1. The number of rotatable bonds is 9. The monoisotopic (exact) mass is 263 g/mol. The fourth-order valence-corrected chi connectivity index (χ4v) is 1.40. The molecular weight excluding hydrogens is 241 g/mol. The Morgan fingerprint density at radius 2 is 1.76 bits per heavy atom. The van der Waals surface area contributed by atoms with Gasteiger partial charge in [0.2, 0.25) is 0 Å². The van der Waals surface area contributed by atoms with Crippen molar-refractivity contribution in [2.24, 2.45) is 0 Å². The number of hydrogen-bond donors (Lipinski definition) is 0. The molecule has 0 aromatic rings. The Bertz CT molecular complexity index is 296. The quantitative estimate of drug-likeness (QED) is 0.362. The largest absolute Gasteiger partial charge is 0.697 e. The summed E-state index contributed by atoms with van der Waals surface area (Å²) in [5, 5.41) is 0. The maximum atomic E-state index is 11.2. The summed E-state index contributed by atoms with van der Waals surface area (Å²) in [5.41, 5.74) is 0.481. The van der Waals surface area contributed by atoms with Crippen LogP contribution in [0.5, 0.6) is 0 Å². The Hall–Kier alpha value is -0.610. The predicted octanol–water partition coefficient (Wildman–Crippen LogP) is 1.92. The summed E-state index contributed by atoms with van der Waals surface area (Å²) >= 11 is 0. The van der Waals surface area contributed by atoms with Crippen LogP contribution in [0.3, 0.4) is 0 Å². The van der Waals surface area contributed by atoms with Gasteiger partial charge in [-0.05, 0) is 12.5 Å². The van der Waals surface area contributed by atoms with E-state index in [1.807, 2.05) is 21.1 Å². The number of carbonyl (C=O) groups is 1. The average Bonchev–Trinajstić information content (AvgIpc) is 2.15. The van der Waals surface area contributed by atoms with Crippen molar-refractivity contribution in [1.29, 1.82) is 0 Å². The topological polar surface area (TPSA) is 52.6 Å². The van der Waals surface area contributed by atoms with E-state index in [4.69, 9.17) is 9.05 Å². The van der Waals surface area contributed by atoms with Crippen molar-refractivity contribution < 1.29 is 22.9 Å². The second-order valence-corrected chi connectivity index (χ2v) is 5.82. The summed E-state index contributed by atoms with van der Waals surface area (Å²) in [6.07, 6.45) is 0.190. The van der Waals surface area contributed by atoms with E-state index in [2.05, 4.69) is 6.58 Å². The maximum absolute atomic E-state index is 11.2. The Labute approximate surface area is 104 Å². The van der Waals surface area contributed by atoms with Crippen LogP contribution in [-0.4, -0.2) is 51.2 Å². The van der Waals surface area contributed by atoms with E-state index in [0.717, 1.165) is 11.0 Å². The van der Waals surface area contributed by atoms with Crippen molar-refractivity contribution in [1.82, 2.24) is 0 Å². The number of likely N-dealkylation sites (N-methyl/N-ethyl adjacent to an activating group) is 1. The van der Waals surface area contributed by atoms with E-state index in [-0.39, 0.29) is 18.8 Å². The van der Waals surface area contributed by atoms with Crippen LogP contribution in [0.15, 0.2) is 12.2 Å². The Balaban J connectivity index is 3.61. The van der Waals surface area contributed by atoms with Crippen LogP contribution in [0.2, 0.25) is 0 Å². The van der Waals surface area contributed by atoms with Gasteiger partial charge in [0.05, 0.1) is 21.1 Å².